The van der Waals surface area contributed by atoms with Crippen molar-refractivity contribution in [3.05, 3.63) is 22.7 Å². The Hall–Kier alpha value is -1.17. The van der Waals surface area contributed by atoms with Gasteiger partial charge in [-0.1, -0.05) is 0 Å². The van der Waals surface area contributed by atoms with Crippen LogP contribution >= 0.6 is 15.9 Å². The zero-order valence-electron chi connectivity index (χ0n) is 7.76. The van der Waals surface area contributed by atoms with Crippen molar-refractivity contribution in [3.8, 4) is 5.75 Å². The first-order valence-corrected chi connectivity index (χ1v) is 4.76. The Morgan fingerprint density at radius 1 is 1.53 bits per heavy atom. The standard InChI is InChI=1S/C9H8BrF2NO2/c1-15-7-4-5(2-3-6(7)10)13-9(14)8(11)12/h2-4,8H,1H3,(H,13,14). The summed E-state index contributed by atoms with van der Waals surface area (Å²) < 4.78 is 29.5. The smallest absolute Gasteiger partial charge is 0.315 e. The minimum atomic E-state index is -3.03. The van der Waals surface area contributed by atoms with Crippen LogP contribution in [0.3, 0.4) is 0 Å². The van der Waals surface area contributed by atoms with Crippen molar-refractivity contribution < 1.29 is 18.3 Å². The molecular weight excluding hydrogens is 272 g/mol. The molecule has 1 amide bonds. The number of nitrogens with one attached hydrogen (secondary N) is 1. The molecule has 0 aliphatic heterocycles. The second kappa shape index (κ2) is 5.06. The number of anilines is 1. The van der Waals surface area contributed by atoms with E-state index in [9.17, 15) is 13.6 Å². The molecule has 0 fully saturated rings. The fraction of sp³-hybridized carbons (Fsp3) is 0.222. The molecule has 1 aromatic rings. The lowest BCUT2D eigenvalue weighted by Gasteiger charge is -2.07. The van der Waals surface area contributed by atoms with Crippen molar-refractivity contribution in [2.75, 3.05) is 12.4 Å². The monoisotopic (exact) mass is 279 g/mol. The molecule has 0 aromatic heterocycles. The van der Waals surface area contributed by atoms with E-state index in [2.05, 4.69) is 21.2 Å². The number of benzene rings is 1. The van der Waals surface area contributed by atoms with Gasteiger partial charge in [0.1, 0.15) is 5.75 Å². The van der Waals surface area contributed by atoms with Crippen LogP contribution < -0.4 is 10.1 Å². The third-order valence-electron chi connectivity index (χ3n) is 1.62. The summed E-state index contributed by atoms with van der Waals surface area (Å²) in [4.78, 5) is 10.7. The van der Waals surface area contributed by atoms with E-state index in [1.807, 2.05) is 0 Å². The number of alkyl halides is 2. The number of hydrogen-bond acceptors (Lipinski definition) is 2. The second-order valence-electron chi connectivity index (χ2n) is 2.64. The fourth-order valence-electron chi connectivity index (χ4n) is 0.934. The van der Waals surface area contributed by atoms with Crippen molar-refractivity contribution in [1.29, 1.82) is 0 Å². The van der Waals surface area contributed by atoms with Crippen molar-refractivity contribution in [2.24, 2.45) is 0 Å². The van der Waals surface area contributed by atoms with Gasteiger partial charge in [-0.3, -0.25) is 4.79 Å². The van der Waals surface area contributed by atoms with Gasteiger partial charge in [0.2, 0.25) is 0 Å². The number of hydrogen-bond donors (Lipinski definition) is 1. The number of amides is 1. The van der Waals surface area contributed by atoms with E-state index in [1.165, 1.54) is 19.2 Å². The molecule has 0 radical (unpaired) electrons. The predicted molar refractivity (Wildman–Crippen MR) is 55.3 cm³/mol. The summed E-state index contributed by atoms with van der Waals surface area (Å²) in [6.45, 7) is 0. The van der Waals surface area contributed by atoms with E-state index in [-0.39, 0.29) is 5.69 Å². The van der Waals surface area contributed by atoms with Gasteiger partial charge in [0.15, 0.2) is 0 Å². The maximum Gasteiger partial charge on any atom is 0.315 e. The Balaban J connectivity index is 2.83. The summed E-state index contributed by atoms with van der Waals surface area (Å²) in [6.07, 6.45) is -3.03. The molecule has 15 heavy (non-hydrogen) atoms. The summed E-state index contributed by atoms with van der Waals surface area (Å²) >= 11 is 3.20. The molecule has 0 atom stereocenters. The SMILES string of the molecule is COc1cc(NC(=O)C(F)F)ccc1Br. The number of carbonyl (C=O) groups is 1. The fourth-order valence-corrected chi connectivity index (χ4v) is 1.34. The zero-order chi connectivity index (χ0) is 11.4. The highest BCUT2D eigenvalue weighted by molar-refractivity contribution is 9.10. The summed E-state index contributed by atoms with van der Waals surface area (Å²) in [6, 6.07) is 4.54. The van der Waals surface area contributed by atoms with Crippen LogP contribution in [-0.2, 0) is 4.79 Å². The van der Waals surface area contributed by atoms with E-state index in [0.717, 1.165) is 0 Å². The molecule has 0 saturated carbocycles. The first-order chi connectivity index (χ1) is 7.04. The third-order valence-corrected chi connectivity index (χ3v) is 2.27. The lowest BCUT2D eigenvalue weighted by atomic mass is 10.3. The van der Waals surface area contributed by atoms with Crippen LogP contribution in [0.2, 0.25) is 0 Å². The Bertz CT molecular complexity index is 371. The van der Waals surface area contributed by atoms with Crippen molar-refractivity contribution in [3.63, 3.8) is 0 Å². The quantitative estimate of drug-likeness (QED) is 0.924. The molecule has 1 rings (SSSR count). The lowest BCUT2D eigenvalue weighted by Crippen LogP contribution is -2.19. The molecule has 0 spiro atoms. The first-order valence-electron chi connectivity index (χ1n) is 3.97. The van der Waals surface area contributed by atoms with E-state index < -0.39 is 12.3 Å². The Labute approximate surface area is 93.5 Å². The van der Waals surface area contributed by atoms with Gasteiger partial charge < -0.3 is 10.1 Å². The molecule has 82 valence electrons. The Kier molecular flexibility index (Phi) is 4.02. The van der Waals surface area contributed by atoms with Crippen LogP contribution in [-0.4, -0.2) is 19.4 Å². The van der Waals surface area contributed by atoms with Crippen LogP contribution in [0.5, 0.6) is 5.75 Å². The van der Waals surface area contributed by atoms with Gasteiger partial charge in [0, 0.05) is 11.8 Å². The molecule has 6 heteroatoms. The van der Waals surface area contributed by atoms with Crippen LogP contribution in [0.15, 0.2) is 22.7 Å². The summed E-state index contributed by atoms with van der Waals surface area (Å²) in [5.41, 5.74) is 0.264. The van der Waals surface area contributed by atoms with Gasteiger partial charge in [-0.2, -0.15) is 8.78 Å². The molecule has 0 unspecified atom stereocenters. The molecule has 0 saturated heterocycles. The second-order valence-corrected chi connectivity index (χ2v) is 3.49. The molecule has 0 aliphatic rings. The predicted octanol–water partition coefficient (Wildman–Crippen LogP) is 2.66. The summed E-state index contributed by atoms with van der Waals surface area (Å²) in [5, 5.41) is 2.05. The highest BCUT2D eigenvalue weighted by atomic mass is 79.9. The number of methoxy groups -OCH3 is 1. The van der Waals surface area contributed by atoms with Crippen molar-refractivity contribution in [1.82, 2.24) is 0 Å². The van der Waals surface area contributed by atoms with E-state index >= 15 is 0 Å². The number of rotatable bonds is 3. The van der Waals surface area contributed by atoms with Crippen LogP contribution in [0.25, 0.3) is 0 Å². The maximum atomic E-state index is 11.9. The zero-order valence-corrected chi connectivity index (χ0v) is 9.35. The maximum absolute atomic E-state index is 11.9. The van der Waals surface area contributed by atoms with Gasteiger partial charge in [-0.05, 0) is 28.1 Å². The highest BCUT2D eigenvalue weighted by Crippen LogP contribution is 2.27. The Morgan fingerprint density at radius 3 is 2.73 bits per heavy atom. The number of carbonyl (C=O) groups excluding carboxylic acids is 1. The minimum absolute atomic E-state index is 0.264. The molecular formula is C9H8BrF2NO2. The molecule has 1 aromatic carbocycles. The molecule has 1 N–H and O–H groups in total. The Morgan fingerprint density at radius 2 is 2.20 bits per heavy atom. The van der Waals surface area contributed by atoms with E-state index in [4.69, 9.17) is 4.74 Å². The lowest BCUT2D eigenvalue weighted by molar-refractivity contribution is -0.126. The highest BCUT2D eigenvalue weighted by Gasteiger charge is 2.15. The van der Waals surface area contributed by atoms with Gasteiger partial charge in [-0.25, -0.2) is 0 Å². The van der Waals surface area contributed by atoms with Crippen LogP contribution in [0.1, 0.15) is 0 Å². The van der Waals surface area contributed by atoms with Crippen molar-refractivity contribution in [2.45, 2.75) is 6.43 Å². The van der Waals surface area contributed by atoms with Gasteiger partial charge >= 0.3 is 6.43 Å². The topological polar surface area (TPSA) is 38.3 Å². The van der Waals surface area contributed by atoms with Crippen molar-refractivity contribution >= 4 is 27.5 Å². The summed E-state index contributed by atoms with van der Waals surface area (Å²) in [5.74, 6) is -0.874. The van der Waals surface area contributed by atoms with Crippen LogP contribution in [0.4, 0.5) is 14.5 Å². The molecule has 0 heterocycles. The van der Waals surface area contributed by atoms with E-state index in [1.54, 1.807) is 6.07 Å². The number of halogens is 3. The van der Waals surface area contributed by atoms with E-state index in [0.29, 0.717) is 10.2 Å². The molecule has 0 bridgehead atoms. The minimum Gasteiger partial charge on any atom is -0.495 e. The normalized spacial score (nSPS) is 10.2. The van der Waals surface area contributed by atoms with Gasteiger partial charge in [0.05, 0.1) is 11.6 Å². The molecule has 0 aliphatic carbocycles. The van der Waals surface area contributed by atoms with Gasteiger partial charge in [0.25, 0.3) is 5.91 Å². The average Bonchev–Trinajstić information content (AvgIpc) is 2.20. The largest absolute Gasteiger partial charge is 0.495 e. The third kappa shape index (κ3) is 3.16. The average molecular weight is 280 g/mol. The number of ether oxygens (including phenoxy) is 1. The molecule has 3 nitrogen and oxygen atoms in total. The first kappa shape index (κ1) is 11.9. The van der Waals surface area contributed by atoms with Gasteiger partial charge in [-0.15, -0.1) is 0 Å². The summed E-state index contributed by atoms with van der Waals surface area (Å²) in [7, 11) is 1.44. The van der Waals surface area contributed by atoms with Crippen LogP contribution in [0, 0.1) is 0 Å².